The Morgan fingerprint density at radius 3 is 2.47 bits per heavy atom. The van der Waals surface area contributed by atoms with Crippen molar-refractivity contribution in [2.24, 2.45) is 5.41 Å². The Labute approximate surface area is 114 Å². The van der Waals surface area contributed by atoms with Gasteiger partial charge in [0.1, 0.15) is 5.75 Å². The molecule has 2 rings (SSSR count). The van der Waals surface area contributed by atoms with Gasteiger partial charge in [-0.3, -0.25) is 4.79 Å². The standard InChI is InChI=1S/C16H22O3/c1-11-8-12(2)14(19-3)13(9-11)10-16(15(17)18)6-4-5-7-16/h8-9H,4-7,10H2,1-3H3,(H,17,18). The van der Waals surface area contributed by atoms with E-state index in [4.69, 9.17) is 4.74 Å². The van der Waals surface area contributed by atoms with Crippen molar-refractivity contribution in [2.75, 3.05) is 7.11 Å². The number of aryl methyl sites for hydroxylation is 2. The second-order valence-electron chi connectivity index (χ2n) is 5.74. The van der Waals surface area contributed by atoms with Crippen LogP contribution in [0.2, 0.25) is 0 Å². The number of carbonyl (C=O) groups is 1. The SMILES string of the molecule is COc1c(C)cc(C)cc1CC1(C(=O)O)CCCC1. The van der Waals surface area contributed by atoms with Gasteiger partial charge in [0.2, 0.25) is 0 Å². The molecule has 1 aliphatic carbocycles. The maximum atomic E-state index is 11.7. The fourth-order valence-electron chi connectivity index (χ4n) is 3.35. The second-order valence-corrected chi connectivity index (χ2v) is 5.74. The lowest BCUT2D eigenvalue weighted by molar-refractivity contribution is -0.148. The Morgan fingerprint density at radius 2 is 1.95 bits per heavy atom. The van der Waals surface area contributed by atoms with E-state index in [0.717, 1.165) is 48.1 Å². The summed E-state index contributed by atoms with van der Waals surface area (Å²) in [6, 6.07) is 4.14. The summed E-state index contributed by atoms with van der Waals surface area (Å²) in [5.41, 5.74) is 2.68. The van der Waals surface area contributed by atoms with Crippen molar-refractivity contribution in [2.45, 2.75) is 46.0 Å². The van der Waals surface area contributed by atoms with Crippen LogP contribution in [0.25, 0.3) is 0 Å². The zero-order valence-electron chi connectivity index (χ0n) is 12.0. The highest BCUT2D eigenvalue weighted by molar-refractivity contribution is 5.75. The van der Waals surface area contributed by atoms with Crippen LogP contribution in [-0.4, -0.2) is 18.2 Å². The number of rotatable bonds is 4. The lowest BCUT2D eigenvalue weighted by atomic mass is 9.79. The van der Waals surface area contributed by atoms with E-state index >= 15 is 0 Å². The molecule has 1 saturated carbocycles. The van der Waals surface area contributed by atoms with Crippen molar-refractivity contribution in [3.8, 4) is 5.75 Å². The van der Waals surface area contributed by atoms with E-state index in [-0.39, 0.29) is 0 Å². The van der Waals surface area contributed by atoms with Gasteiger partial charge < -0.3 is 9.84 Å². The fraction of sp³-hybridized carbons (Fsp3) is 0.562. The molecule has 0 unspecified atom stereocenters. The first-order chi connectivity index (χ1) is 8.98. The molecule has 0 bridgehead atoms. The van der Waals surface area contributed by atoms with E-state index in [1.807, 2.05) is 13.8 Å². The zero-order chi connectivity index (χ0) is 14.0. The van der Waals surface area contributed by atoms with Gasteiger partial charge in [0.25, 0.3) is 0 Å². The first kappa shape index (κ1) is 13.9. The van der Waals surface area contributed by atoms with Crippen molar-refractivity contribution in [1.82, 2.24) is 0 Å². The zero-order valence-corrected chi connectivity index (χ0v) is 12.0. The van der Waals surface area contributed by atoms with Gasteiger partial charge in [0, 0.05) is 0 Å². The molecule has 3 heteroatoms. The predicted molar refractivity (Wildman–Crippen MR) is 74.7 cm³/mol. The molecule has 0 aromatic heterocycles. The van der Waals surface area contributed by atoms with E-state index in [0.29, 0.717) is 6.42 Å². The molecular weight excluding hydrogens is 240 g/mol. The summed E-state index contributed by atoms with van der Waals surface area (Å²) in [6.45, 7) is 4.05. The van der Waals surface area contributed by atoms with Gasteiger partial charge in [0.15, 0.2) is 0 Å². The molecule has 1 aromatic carbocycles. The predicted octanol–water partition coefficient (Wildman–Crippen LogP) is 3.50. The van der Waals surface area contributed by atoms with E-state index in [9.17, 15) is 9.90 Å². The summed E-state index contributed by atoms with van der Waals surface area (Å²) in [7, 11) is 1.66. The molecule has 0 atom stereocenters. The third-order valence-electron chi connectivity index (χ3n) is 4.24. The topological polar surface area (TPSA) is 46.5 Å². The van der Waals surface area contributed by atoms with Crippen molar-refractivity contribution in [3.05, 3.63) is 28.8 Å². The number of carboxylic acids is 1. The summed E-state index contributed by atoms with van der Waals surface area (Å²) < 4.78 is 5.47. The number of hydrogen-bond donors (Lipinski definition) is 1. The molecule has 1 aliphatic rings. The van der Waals surface area contributed by atoms with E-state index in [1.165, 1.54) is 0 Å². The number of methoxy groups -OCH3 is 1. The Bertz CT molecular complexity index is 485. The average molecular weight is 262 g/mol. The first-order valence-corrected chi connectivity index (χ1v) is 6.86. The maximum Gasteiger partial charge on any atom is 0.309 e. The minimum atomic E-state index is -0.661. The van der Waals surface area contributed by atoms with Crippen molar-refractivity contribution in [3.63, 3.8) is 0 Å². The Morgan fingerprint density at radius 1 is 1.32 bits per heavy atom. The minimum Gasteiger partial charge on any atom is -0.496 e. The molecule has 1 fully saturated rings. The number of aliphatic carboxylic acids is 1. The molecule has 19 heavy (non-hydrogen) atoms. The molecule has 0 saturated heterocycles. The molecular formula is C16H22O3. The van der Waals surface area contributed by atoms with Gasteiger partial charge in [-0.05, 0) is 44.2 Å². The van der Waals surface area contributed by atoms with Crippen LogP contribution in [0.15, 0.2) is 12.1 Å². The first-order valence-electron chi connectivity index (χ1n) is 6.86. The highest BCUT2D eigenvalue weighted by atomic mass is 16.5. The summed E-state index contributed by atoms with van der Waals surface area (Å²) >= 11 is 0. The van der Waals surface area contributed by atoms with Crippen LogP contribution in [0, 0.1) is 19.3 Å². The lowest BCUT2D eigenvalue weighted by Crippen LogP contribution is -2.30. The fourth-order valence-corrected chi connectivity index (χ4v) is 3.35. The largest absolute Gasteiger partial charge is 0.496 e. The highest BCUT2D eigenvalue weighted by Gasteiger charge is 2.41. The van der Waals surface area contributed by atoms with Crippen LogP contribution in [0.4, 0.5) is 0 Å². The lowest BCUT2D eigenvalue weighted by Gasteiger charge is -2.25. The van der Waals surface area contributed by atoms with Crippen LogP contribution in [0.5, 0.6) is 5.75 Å². The van der Waals surface area contributed by atoms with Gasteiger partial charge in [-0.25, -0.2) is 0 Å². The molecule has 0 aliphatic heterocycles. The summed E-state index contributed by atoms with van der Waals surface area (Å²) in [5, 5.41) is 9.59. The summed E-state index contributed by atoms with van der Waals surface area (Å²) in [4.78, 5) is 11.7. The summed E-state index contributed by atoms with van der Waals surface area (Å²) in [5.74, 6) is 0.185. The van der Waals surface area contributed by atoms with Crippen molar-refractivity contribution < 1.29 is 14.6 Å². The molecule has 1 aromatic rings. The molecule has 3 nitrogen and oxygen atoms in total. The normalized spacial score (nSPS) is 17.4. The van der Waals surface area contributed by atoms with Crippen LogP contribution in [0.1, 0.15) is 42.4 Å². The Balaban J connectivity index is 2.39. The average Bonchev–Trinajstić information content (AvgIpc) is 2.78. The molecule has 104 valence electrons. The molecule has 0 amide bonds. The Kier molecular flexibility index (Phi) is 3.83. The number of benzene rings is 1. The number of carboxylic acid groups (broad SMARTS) is 1. The number of hydrogen-bond acceptors (Lipinski definition) is 2. The van der Waals surface area contributed by atoms with Gasteiger partial charge in [0.05, 0.1) is 12.5 Å². The maximum absolute atomic E-state index is 11.7. The van der Waals surface area contributed by atoms with Gasteiger partial charge in [-0.2, -0.15) is 0 Å². The monoisotopic (exact) mass is 262 g/mol. The molecule has 1 N–H and O–H groups in total. The minimum absolute atomic E-state index is 0.577. The third kappa shape index (κ3) is 2.60. The van der Waals surface area contributed by atoms with Gasteiger partial charge in [-0.1, -0.05) is 30.5 Å². The van der Waals surface area contributed by atoms with Crippen LogP contribution in [0.3, 0.4) is 0 Å². The van der Waals surface area contributed by atoms with Crippen molar-refractivity contribution >= 4 is 5.97 Å². The highest BCUT2D eigenvalue weighted by Crippen LogP contribution is 2.43. The Hall–Kier alpha value is -1.51. The van der Waals surface area contributed by atoms with Crippen LogP contribution < -0.4 is 4.74 Å². The van der Waals surface area contributed by atoms with E-state index in [2.05, 4.69) is 12.1 Å². The molecule has 0 radical (unpaired) electrons. The second kappa shape index (κ2) is 5.24. The van der Waals surface area contributed by atoms with Gasteiger partial charge >= 0.3 is 5.97 Å². The molecule has 0 spiro atoms. The third-order valence-corrected chi connectivity index (χ3v) is 4.24. The van der Waals surface area contributed by atoms with Crippen LogP contribution >= 0.6 is 0 Å². The summed E-state index contributed by atoms with van der Waals surface area (Å²) in [6.07, 6.45) is 4.16. The van der Waals surface area contributed by atoms with Crippen LogP contribution in [-0.2, 0) is 11.2 Å². The number of ether oxygens (including phenoxy) is 1. The molecule has 0 heterocycles. The van der Waals surface area contributed by atoms with E-state index in [1.54, 1.807) is 7.11 Å². The van der Waals surface area contributed by atoms with Gasteiger partial charge in [-0.15, -0.1) is 0 Å². The van der Waals surface area contributed by atoms with E-state index < -0.39 is 11.4 Å². The smallest absolute Gasteiger partial charge is 0.309 e. The van der Waals surface area contributed by atoms with Crippen molar-refractivity contribution in [1.29, 1.82) is 0 Å². The quantitative estimate of drug-likeness (QED) is 0.903.